The molecule has 0 saturated carbocycles. The topological polar surface area (TPSA) is 84.7 Å². The summed E-state index contributed by atoms with van der Waals surface area (Å²) in [6, 6.07) is 4.07. The van der Waals surface area contributed by atoms with Crippen molar-refractivity contribution < 1.29 is 4.79 Å². The van der Waals surface area contributed by atoms with Gasteiger partial charge in [0.1, 0.15) is 12.7 Å². The number of amides is 1. The summed E-state index contributed by atoms with van der Waals surface area (Å²) in [5, 5.41) is 10.3. The number of nitrogens with one attached hydrogen (secondary N) is 2. The molecule has 7 heteroatoms. The molecule has 0 spiro atoms. The highest BCUT2D eigenvalue weighted by atomic mass is 16.1. The Kier molecular flexibility index (Phi) is 4.20. The molecule has 2 aromatic rings. The molecule has 0 aromatic carbocycles. The van der Waals surface area contributed by atoms with Crippen molar-refractivity contribution in [1.82, 2.24) is 25.1 Å². The van der Waals surface area contributed by atoms with Crippen molar-refractivity contribution in [3.05, 3.63) is 31.0 Å². The van der Waals surface area contributed by atoms with Gasteiger partial charge in [0.15, 0.2) is 5.82 Å². The Balaban J connectivity index is 1.63. The maximum atomic E-state index is 12.1. The van der Waals surface area contributed by atoms with Gasteiger partial charge in [0.25, 0.3) is 0 Å². The quantitative estimate of drug-likeness (QED) is 0.860. The molecule has 1 saturated heterocycles. The van der Waals surface area contributed by atoms with Gasteiger partial charge in [0, 0.05) is 18.7 Å². The second-order valence-corrected chi connectivity index (χ2v) is 5.09. The standard InChI is InChI=1S/C14H18N6O/c21-13(6-5-11-3-1-7-16-11)19-12-4-2-8-17-14(12)20-10-15-9-18-20/h2,4,8-11,16H,1,3,5-7H2,(H,19,21). The maximum absolute atomic E-state index is 12.1. The summed E-state index contributed by atoms with van der Waals surface area (Å²) in [4.78, 5) is 20.2. The van der Waals surface area contributed by atoms with Crippen LogP contribution in [0, 0.1) is 0 Å². The summed E-state index contributed by atoms with van der Waals surface area (Å²) in [5.41, 5.74) is 0.646. The van der Waals surface area contributed by atoms with Crippen molar-refractivity contribution in [2.45, 2.75) is 31.7 Å². The van der Waals surface area contributed by atoms with E-state index in [0.29, 0.717) is 24.0 Å². The number of carbonyl (C=O) groups excluding carboxylic acids is 1. The van der Waals surface area contributed by atoms with E-state index in [4.69, 9.17) is 0 Å². The lowest BCUT2D eigenvalue weighted by Crippen LogP contribution is -2.23. The molecule has 1 atom stereocenters. The van der Waals surface area contributed by atoms with Crippen LogP contribution in [0.5, 0.6) is 0 Å². The highest BCUT2D eigenvalue weighted by Gasteiger charge is 2.16. The first kappa shape index (κ1) is 13.7. The third-order valence-electron chi connectivity index (χ3n) is 3.58. The van der Waals surface area contributed by atoms with Crippen LogP contribution in [-0.2, 0) is 4.79 Å². The number of anilines is 1. The Morgan fingerprint density at radius 2 is 2.48 bits per heavy atom. The summed E-state index contributed by atoms with van der Waals surface area (Å²) in [6.45, 7) is 1.06. The Labute approximate surface area is 122 Å². The Bertz CT molecular complexity index is 591. The summed E-state index contributed by atoms with van der Waals surface area (Å²) < 4.78 is 1.54. The third kappa shape index (κ3) is 3.43. The van der Waals surface area contributed by atoms with Crippen LogP contribution in [0.1, 0.15) is 25.7 Å². The Hall–Kier alpha value is -2.28. The predicted octanol–water partition coefficient (Wildman–Crippen LogP) is 1.13. The van der Waals surface area contributed by atoms with Gasteiger partial charge < -0.3 is 10.6 Å². The monoisotopic (exact) mass is 286 g/mol. The van der Waals surface area contributed by atoms with Crippen LogP contribution >= 0.6 is 0 Å². The van der Waals surface area contributed by atoms with E-state index in [1.165, 1.54) is 17.4 Å². The molecule has 21 heavy (non-hydrogen) atoms. The van der Waals surface area contributed by atoms with Crippen LogP contribution in [0.2, 0.25) is 0 Å². The Morgan fingerprint density at radius 3 is 3.24 bits per heavy atom. The number of hydrogen-bond donors (Lipinski definition) is 2. The fourth-order valence-corrected chi connectivity index (χ4v) is 2.52. The van der Waals surface area contributed by atoms with Crippen molar-refractivity contribution in [3.63, 3.8) is 0 Å². The Morgan fingerprint density at radius 1 is 1.52 bits per heavy atom. The molecular weight excluding hydrogens is 268 g/mol. The van der Waals surface area contributed by atoms with Crippen molar-refractivity contribution in [1.29, 1.82) is 0 Å². The van der Waals surface area contributed by atoms with E-state index >= 15 is 0 Å². The van der Waals surface area contributed by atoms with Crippen LogP contribution in [0.15, 0.2) is 31.0 Å². The van der Waals surface area contributed by atoms with Crippen LogP contribution < -0.4 is 10.6 Å². The van der Waals surface area contributed by atoms with Gasteiger partial charge in [-0.25, -0.2) is 14.6 Å². The van der Waals surface area contributed by atoms with E-state index < -0.39 is 0 Å². The molecule has 110 valence electrons. The molecule has 1 aliphatic rings. The summed E-state index contributed by atoms with van der Waals surface area (Å²) in [6.07, 6.45) is 8.38. The van der Waals surface area contributed by atoms with E-state index in [1.807, 2.05) is 6.07 Å². The average molecular weight is 286 g/mol. The first-order valence-electron chi connectivity index (χ1n) is 7.16. The van der Waals surface area contributed by atoms with Crippen molar-refractivity contribution in [3.8, 4) is 5.82 Å². The zero-order valence-electron chi connectivity index (χ0n) is 11.7. The lowest BCUT2D eigenvalue weighted by molar-refractivity contribution is -0.116. The van der Waals surface area contributed by atoms with E-state index in [-0.39, 0.29) is 5.91 Å². The van der Waals surface area contributed by atoms with Gasteiger partial charge in [0.2, 0.25) is 5.91 Å². The molecule has 0 bridgehead atoms. The predicted molar refractivity (Wildman–Crippen MR) is 78.0 cm³/mol. The van der Waals surface area contributed by atoms with E-state index in [1.54, 1.807) is 18.6 Å². The van der Waals surface area contributed by atoms with Crippen LogP contribution in [0.3, 0.4) is 0 Å². The average Bonchev–Trinajstić information content (AvgIpc) is 3.19. The smallest absolute Gasteiger partial charge is 0.224 e. The van der Waals surface area contributed by atoms with E-state index in [2.05, 4.69) is 25.7 Å². The molecule has 1 fully saturated rings. The van der Waals surface area contributed by atoms with Gasteiger partial charge in [-0.15, -0.1) is 0 Å². The minimum absolute atomic E-state index is 0.00179. The zero-order valence-corrected chi connectivity index (χ0v) is 11.7. The minimum Gasteiger partial charge on any atom is -0.323 e. The number of rotatable bonds is 5. The molecule has 3 heterocycles. The molecule has 2 N–H and O–H groups in total. The SMILES string of the molecule is O=C(CCC1CCCN1)Nc1cccnc1-n1cncn1. The minimum atomic E-state index is -0.00179. The number of hydrogen-bond acceptors (Lipinski definition) is 5. The molecule has 3 rings (SSSR count). The molecule has 1 unspecified atom stereocenters. The van der Waals surface area contributed by atoms with Gasteiger partial charge >= 0.3 is 0 Å². The van der Waals surface area contributed by atoms with Gasteiger partial charge in [-0.2, -0.15) is 5.10 Å². The molecule has 2 aromatic heterocycles. The first-order chi connectivity index (χ1) is 10.3. The molecule has 0 aliphatic carbocycles. The van der Waals surface area contributed by atoms with E-state index in [0.717, 1.165) is 19.4 Å². The second-order valence-electron chi connectivity index (χ2n) is 5.09. The highest BCUT2D eigenvalue weighted by molar-refractivity contribution is 5.92. The third-order valence-corrected chi connectivity index (χ3v) is 3.58. The summed E-state index contributed by atoms with van der Waals surface area (Å²) in [7, 11) is 0. The summed E-state index contributed by atoms with van der Waals surface area (Å²) in [5.74, 6) is 0.570. The van der Waals surface area contributed by atoms with Crippen molar-refractivity contribution in [2.24, 2.45) is 0 Å². The molecule has 7 nitrogen and oxygen atoms in total. The number of aromatic nitrogens is 4. The van der Waals surface area contributed by atoms with Gasteiger partial charge in [-0.05, 0) is 37.9 Å². The largest absolute Gasteiger partial charge is 0.323 e. The lowest BCUT2D eigenvalue weighted by Gasteiger charge is -2.11. The number of nitrogens with zero attached hydrogens (tertiary/aromatic N) is 4. The fourth-order valence-electron chi connectivity index (χ4n) is 2.52. The van der Waals surface area contributed by atoms with Gasteiger partial charge in [-0.1, -0.05) is 0 Å². The maximum Gasteiger partial charge on any atom is 0.224 e. The lowest BCUT2D eigenvalue weighted by atomic mass is 10.1. The van der Waals surface area contributed by atoms with Crippen LogP contribution in [0.25, 0.3) is 5.82 Å². The van der Waals surface area contributed by atoms with Gasteiger partial charge in [0.05, 0.1) is 5.69 Å². The van der Waals surface area contributed by atoms with Crippen LogP contribution in [0.4, 0.5) is 5.69 Å². The second kappa shape index (κ2) is 6.45. The van der Waals surface area contributed by atoms with Crippen molar-refractivity contribution in [2.75, 3.05) is 11.9 Å². The number of carbonyl (C=O) groups is 1. The zero-order chi connectivity index (χ0) is 14.5. The first-order valence-corrected chi connectivity index (χ1v) is 7.16. The normalized spacial score (nSPS) is 17.8. The fraction of sp³-hybridized carbons (Fsp3) is 0.429. The van der Waals surface area contributed by atoms with Crippen molar-refractivity contribution >= 4 is 11.6 Å². The number of pyridine rings is 1. The highest BCUT2D eigenvalue weighted by Crippen LogP contribution is 2.17. The van der Waals surface area contributed by atoms with E-state index in [9.17, 15) is 4.79 Å². The summed E-state index contributed by atoms with van der Waals surface area (Å²) >= 11 is 0. The van der Waals surface area contributed by atoms with Gasteiger partial charge in [-0.3, -0.25) is 4.79 Å². The van der Waals surface area contributed by atoms with Crippen LogP contribution in [-0.4, -0.2) is 38.2 Å². The molecular formula is C14H18N6O. The molecule has 1 amide bonds. The molecule has 1 aliphatic heterocycles. The molecule has 0 radical (unpaired) electrons.